The molecule has 0 saturated heterocycles. The molecule has 29 heavy (non-hydrogen) atoms. The van der Waals surface area contributed by atoms with Crippen LogP contribution < -0.4 is 10.5 Å². The van der Waals surface area contributed by atoms with Gasteiger partial charge in [0.2, 0.25) is 15.9 Å². The fraction of sp³-hybridized carbons (Fsp3) is 0.238. The normalized spacial score (nSPS) is 15.1. The summed E-state index contributed by atoms with van der Waals surface area (Å²) in [5.41, 5.74) is 3.60. The Morgan fingerprint density at radius 3 is 2.28 bits per heavy atom. The molecule has 1 amide bonds. The lowest BCUT2D eigenvalue weighted by Crippen LogP contribution is -2.44. The van der Waals surface area contributed by atoms with Gasteiger partial charge in [-0.15, -0.1) is 0 Å². The second kappa shape index (κ2) is 7.46. The average Bonchev–Trinajstić information content (AvgIpc) is 3.45. The average molecular weight is 410 g/mol. The second-order valence-electron chi connectivity index (χ2n) is 7.27. The standard InChI is InChI=1S/C21H22N4O3S/c22-29(27,28)21(11-12-21)20(26)23-13-18-15-25(14-16-7-3-1-4-8-16)24-19(18)17-9-5-2-6-10-17/h1-10,15H,11-14H2,(H,23,26)(H2,22,27,28). The Bertz CT molecular complexity index is 1120. The van der Waals surface area contributed by atoms with Gasteiger partial charge in [-0.25, -0.2) is 13.6 Å². The second-order valence-corrected chi connectivity index (χ2v) is 9.15. The maximum Gasteiger partial charge on any atom is 0.243 e. The van der Waals surface area contributed by atoms with Crippen molar-refractivity contribution < 1.29 is 13.2 Å². The van der Waals surface area contributed by atoms with Gasteiger partial charge in [0, 0.05) is 23.9 Å². The minimum absolute atomic E-state index is 0.176. The molecule has 8 heteroatoms. The van der Waals surface area contributed by atoms with Gasteiger partial charge in [0.1, 0.15) is 0 Å². The summed E-state index contributed by atoms with van der Waals surface area (Å²) in [6.07, 6.45) is 2.40. The lowest BCUT2D eigenvalue weighted by atomic mass is 10.1. The third-order valence-electron chi connectivity index (χ3n) is 5.17. The molecule has 1 fully saturated rings. The van der Waals surface area contributed by atoms with Gasteiger partial charge in [-0.2, -0.15) is 5.10 Å². The molecule has 1 aliphatic rings. The molecule has 3 aromatic rings. The lowest BCUT2D eigenvalue weighted by molar-refractivity contribution is -0.121. The van der Waals surface area contributed by atoms with E-state index in [1.807, 2.05) is 71.5 Å². The van der Waals surface area contributed by atoms with Crippen molar-refractivity contribution in [3.8, 4) is 11.3 Å². The zero-order valence-electron chi connectivity index (χ0n) is 15.8. The molecule has 0 aliphatic heterocycles. The number of nitrogens with zero attached hydrogens (tertiary/aromatic N) is 2. The first-order chi connectivity index (χ1) is 13.9. The van der Waals surface area contributed by atoms with Crippen LogP contribution in [0.2, 0.25) is 0 Å². The number of nitrogens with two attached hydrogens (primary N) is 1. The van der Waals surface area contributed by atoms with Gasteiger partial charge >= 0.3 is 0 Å². The van der Waals surface area contributed by atoms with Gasteiger partial charge < -0.3 is 5.32 Å². The highest BCUT2D eigenvalue weighted by Gasteiger charge is 2.59. The Kier molecular flexibility index (Phi) is 4.97. The summed E-state index contributed by atoms with van der Waals surface area (Å²) in [6.45, 7) is 0.769. The molecule has 0 bridgehead atoms. The SMILES string of the molecule is NS(=O)(=O)C1(C(=O)NCc2cn(Cc3ccccc3)nc2-c2ccccc2)CC1. The number of nitrogens with one attached hydrogen (secondary N) is 1. The lowest BCUT2D eigenvalue weighted by Gasteiger charge is -2.13. The van der Waals surface area contributed by atoms with E-state index in [0.717, 1.165) is 22.4 Å². The number of amides is 1. The number of carbonyl (C=O) groups is 1. The molecular weight excluding hydrogens is 388 g/mol. The molecule has 0 unspecified atom stereocenters. The van der Waals surface area contributed by atoms with Crippen LogP contribution in [0.1, 0.15) is 24.0 Å². The van der Waals surface area contributed by atoms with Crippen LogP contribution in [0.3, 0.4) is 0 Å². The van der Waals surface area contributed by atoms with Crippen molar-refractivity contribution in [2.24, 2.45) is 5.14 Å². The summed E-state index contributed by atoms with van der Waals surface area (Å²) in [5.74, 6) is -0.546. The number of hydrogen-bond acceptors (Lipinski definition) is 4. The molecule has 4 rings (SSSR count). The summed E-state index contributed by atoms with van der Waals surface area (Å²) in [4.78, 5) is 12.5. The van der Waals surface area contributed by atoms with Crippen LogP contribution in [0.25, 0.3) is 11.3 Å². The van der Waals surface area contributed by atoms with Gasteiger partial charge in [-0.05, 0) is 18.4 Å². The quantitative estimate of drug-likeness (QED) is 0.621. The molecule has 0 radical (unpaired) electrons. The summed E-state index contributed by atoms with van der Waals surface area (Å²) in [5, 5.41) is 12.7. The molecule has 2 aromatic carbocycles. The van der Waals surface area contributed by atoms with Crippen molar-refractivity contribution in [1.82, 2.24) is 15.1 Å². The predicted octanol–water partition coefficient (Wildman–Crippen LogP) is 2.04. The van der Waals surface area contributed by atoms with Crippen molar-refractivity contribution in [3.05, 3.63) is 78.0 Å². The zero-order valence-corrected chi connectivity index (χ0v) is 16.6. The Morgan fingerprint density at radius 1 is 1.07 bits per heavy atom. The first-order valence-electron chi connectivity index (χ1n) is 9.35. The molecule has 1 aromatic heterocycles. The van der Waals surface area contributed by atoms with Gasteiger partial charge in [0.25, 0.3) is 0 Å². The van der Waals surface area contributed by atoms with Crippen molar-refractivity contribution in [3.63, 3.8) is 0 Å². The smallest absolute Gasteiger partial charge is 0.243 e. The monoisotopic (exact) mass is 410 g/mol. The van der Waals surface area contributed by atoms with E-state index < -0.39 is 20.7 Å². The molecule has 150 valence electrons. The van der Waals surface area contributed by atoms with Crippen LogP contribution in [0.15, 0.2) is 66.9 Å². The third-order valence-corrected chi connectivity index (χ3v) is 6.86. The summed E-state index contributed by atoms with van der Waals surface area (Å²) < 4.78 is 23.9. The van der Waals surface area contributed by atoms with Crippen LogP contribution in [0.5, 0.6) is 0 Å². The number of rotatable bonds is 7. The van der Waals surface area contributed by atoms with E-state index in [1.165, 1.54) is 0 Å². The van der Waals surface area contributed by atoms with E-state index in [0.29, 0.717) is 6.54 Å². The van der Waals surface area contributed by atoms with E-state index in [-0.39, 0.29) is 19.4 Å². The first-order valence-corrected chi connectivity index (χ1v) is 10.9. The van der Waals surface area contributed by atoms with Crippen molar-refractivity contribution in [1.29, 1.82) is 0 Å². The van der Waals surface area contributed by atoms with E-state index in [9.17, 15) is 13.2 Å². The molecule has 0 atom stereocenters. The summed E-state index contributed by atoms with van der Waals surface area (Å²) in [7, 11) is -3.93. The predicted molar refractivity (Wildman–Crippen MR) is 110 cm³/mol. The third kappa shape index (κ3) is 3.94. The number of carbonyl (C=O) groups excluding carboxylic acids is 1. The topological polar surface area (TPSA) is 107 Å². The number of primary sulfonamides is 1. The van der Waals surface area contributed by atoms with Gasteiger partial charge in [-0.3, -0.25) is 9.48 Å². The summed E-state index contributed by atoms with van der Waals surface area (Å²) in [6, 6.07) is 19.6. The first kappa shape index (κ1) is 19.4. The highest BCUT2D eigenvalue weighted by Crippen LogP contribution is 2.42. The van der Waals surface area contributed by atoms with Crippen LogP contribution in [0.4, 0.5) is 0 Å². The van der Waals surface area contributed by atoms with E-state index in [1.54, 1.807) is 0 Å². The van der Waals surface area contributed by atoms with Gasteiger partial charge in [0.05, 0.1) is 12.2 Å². The molecule has 3 N–H and O–H groups in total. The minimum Gasteiger partial charge on any atom is -0.350 e. The Balaban J connectivity index is 1.59. The maximum absolute atomic E-state index is 12.5. The molecule has 1 saturated carbocycles. The van der Waals surface area contributed by atoms with Gasteiger partial charge in [-0.1, -0.05) is 60.7 Å². The van der Waals surface area contributed by atoms with Crippen LogP contribution in [0, 0.1) is 0 Å². The molecule has 1 aliphatic carbocycles. The Labute approximate surface area is 169 Å². The van der Waals surface area contributed by atoms with Crippen molar-refractivity contribution in [2.75, 3.05) is 0 Å². The summed E-state index contributed by atoms with van der Waals surface area (Å²) >= 11 is 0. The largest absolute Gasteiger partial charge is 0.350 e. The van der Waals surface area contributed by atoms with Gasteiger partial charge in [0.15, 0.2) is 4.75 Å². The van der Waals surface area contributed by atoms with E-state index >= 15 is 0 Å². The molecule has 0 spiro atoms. The number of aromatic nitrogens is 2. The highest BCUT2D eigenvalue weighted by atomic mass is 32.2. The van der Waals surface area contributed by atoms with E-state index in [4.69, 9.17) is 10.2 Å². The number of hydrogen-bond donors (Lipinski definition) is 2. The Hall–Kier alpha value is -2.97. The maximum atomic E-state index is 12.5. The van der Waals surface area contributed by atoms with E-state index in [2.05, 4.69) is 5.32 Å². The molecule has 1 heterocycles. The molecular formula is C21H22N4O3S. The van der Waals surface area contributed by atoms with Crippen LogP contribution >= 0.6 is 0 Å². The number of benzene rings is 2. The fourth-order valence-electron chi connectivity index (χ4n) is 3.37. The Morgan fingerprint density at radius 2 is 1.69 bits per heavy atom. The van der Waals surface area contributed by atoms with Crippen molar-refractivity contribution in [2.45, 2.75) is 30.7 Å². The zero-order chi connectivity index (χ0) is 20.5. The van der Waals surface area contributed by atoms with Crippen LogP contribution in [-0.4, -0.2) is 28.9 Å². The highest BCUT2D eigenvalue weighted by molar-refractivity contribution is 7.91. The van der Waals surface area contributed by atoms with Crippen molar-refractivity contribution >= 4 is 15.9 Å². The fourth-order valence-corrected chi connectivity index (χ4v) is 4.38. The van der Waals surface area contributed by atoms with Crippen LogP contribution in [-0.2, 0) is 27.9 Å². The minimum atomic E-state index is -3.93. The molecule has 7 nitrogen and oxygen atoms in total. The number of sulfonamides is 1.